The van der Waals surface area contributed by atoms with Gasteiger partial charge in [0.2, 0.25) is 0 Å². The normalized spacial score (nSPS) is 11.6. The van der Waals surface area contributed by atoms with E-state index < -0.39 is 0 Å². The number of furan rings is 1. The molecule has 0 fully saturated rings. The lowest BCUT2D eigenvalue weighted by Crippen LogP contribution is -1.93. The Labute approximate surface area is 254 Å². The molecule has 0 radical (unpaired) electrons. The Hall–Kier alpha value is -5.93. The maximum atomic E-state index is 6.79. The summed E-state index contributed by atoms with van der Waals surface area (Å²) < 4.78 is 9.13. The number of hydrogen-bond donors (Lipinski definition) is 0. The SMILES string of the molecule is c1ccc(-c2cccc(-c3ccc4c(c3)oc3c4ccc4c3c3ccc(-c5ccccn5)cc3n4-c3ccccc3)c2)cc1. The molecular weight excluding hydrogens is 536 g/mol. The summed E-state index contributed by atoms with van der Waals surface area (Å²) in [6.07, 6.45) is 1.84. The third-order valence-electron chi connectivity index (χ3n) is 8.65. The van der Waals surface area contributed by atoms with E-state index in [4.69, 9.17) is 4.42 Å². The van der Waals surface area contributed by atoms with E-state index in [1.54, 1.807) is 0 Å². The summed E-state index contributed by atoms with van der Waals surface area (Å²) in [5.74, 6) is 0. The fraction of sp³-hybridized carbons (Fsp3) is 0. The molecule has 0 aliphatic heterocycles. The molecule has 0 saturated carbocycles. The lowest BCUT2D eigenvalue weighted by Gasteiger charge is -2.08. The first-order valence-corrected chi connectivity index (χ1v) is 14.9. The Morgan fingerprint density at radius 3 is 1.95 bits per heavy atom. The van der Waals surface area contributed by atoms with Crippen molar-refractivity contribution in [3.8, 4) is 39.2 Å². The van der Waals surface area contributed by atoms with Crippen molar-refractivity contribution in [2.24, 2.45) is 0 Å². The maximum absolute atomic E-state index is 6.79. The molecule has 0 spiro atoms. The summed E-state index contributed by atoms with van der Waals surface area (Å²) in [5.41, 5.74) is 11.9. The van der Waals surface area contributed by atoms with Crippen LogP contribution in [0.5, 0.6) is 0 Å². The number of benzene rings is 6. The second-order valence-electron chi connectivity index (χ2n) is 11.2. The van der Waals surface area contributed by atoms with Gasteiger partial charge in [0.1, 0.15) is 11.2 Å². The van der Waals surface area contributed by atoms with Crippen LogP contribution in [0.2, 0.25) is 0 Å². The second kappa shape index (κ2) is 9.82. The predicted molar refractivity (Wildman–Crippen MR) is 182 cm³/mol. The van der Waals surface area contributed by atoms with E-state index in [0.717, 1.165) is 66.3 Å². The minimum absolute atomic E-state index is 0.890. The highest BCUT2D eigenvalue weighted by Gasteiger charge is 2.19. The molecule has 0 atom stereocenters. The van der Waals surface area contributed by atoms with Gasteiger partial charge < -0.3 is 8.98 Å². The van der Waals surface area contributed by atoms with Crippen molar-refractivity contribution in [2.45, 2.75) is 0 Å². The van der Waals surface area contributed by atoms with E-state index in [0.29, 0.717) is 0 Å². The van der Waals surface area contributed by atoms with Crippen LogP contribution < -0.4 is 0 Å². The van der Waals surface area contributed by atoms with E-state index in [1.165, 1.54) is 16.7 Å². The number of pyridine rings is 1. The van der Waals surface area contributed by atoms with Gasteiger partial charge in [-0.3, -0.25) is 4.98 Å². The van der Waals surface area contributed by atoms with Crippen molar-refractivity contribution < 1.29 is 4.42 Å². The molecule has 206 valence electrons. The summed E-state index contributed by atoms with van der Waals surface area (Å²) in [7, 11) is 0. The Morgan fingerprint density at radius 2 is 1.14 bits per heavy atom. The van der Waals surface area contributed by atoms with Gasteiger partial charge in [-0.25, -0.2) is 0 Å². The number of hydrogen-bond acceptors (Lipinski definition) is 2. The van der Waals surface area contributed by atoms with Crippen LogP contribution >= 0.6 is 0 Å². The van der Waals surface area contributed by atoms with Crippen molar-refractivity contribution in [1.29, 1.82) is 0 Å². The summed E-state index contributed by atoms with van der Waals surface area (Å²) in [5, 5.41) is 4.52. The van der Waals surface area contributed by atoms with Gasteiger partial charge in [-0.05, 0) is 82.9 Å². The molecule has 3 heterocycles. The largest absolute Gasteiger partial charge is 0.455 e. The van der Waals surface area contributed by atoms with Crippen LogP contribution in [0.4, 0.5) is 0 Å². The zero-order valence-corrected chi connectivity index (χ0v) is 23.8. The van der Waals surface area contributed by atoms with Crippen LogP contribution in [-0.4, -0.2) is 9.55 Å². The van der Waals surface area contributed by atoms with E-state index in [1.807, 2.05) is 18.3 Å². The summed E-state index contributed by atoms with van der Waals surface area (Å²) in [6.45, 7) is 0. The minimum atomic E-state index is 0.890. The van der Waals surface area contributed by atoms with Crippen LogP contribution in [0.15, 0.2) is 162 Å². The molecule has 0 saturated heterocycles. The average molecular weight is 563 g/mol. The van der Waals surface area contributed by atoms with Crippen LogP contribution in [0.25, 0.3) is 82.9 Å². The molecule has 0 amide bonds. The monoisotopic (exact) mass is 562 g/mol. The number of fused-ring (bicyclic) bond motifs is 7. The molecule has 0 aliphatic carbocycles. The molecule has 3 nitrogen and oxygen atoms in total. The smallest absolute Gasteiger partial charge is 0.145 e. The first kappa shape index (κ1) is 24.6. The van der Waals surface area contributed by atoms with Crippen molar-refractivity contribution in [3.63, 3.8) is 0 Å². The maximum Gasteiger partial charge on any atom is 0.145 e. The molecule has 6 aromatic carbocycles. The highest BCUT2D eigenvalue weighted by Crippen LogP contribution is 2.42. The molecule has 0 bridgehead atoms. The van der Waals surface area contributed by atoms with E-state index in [2.05, 4.69) is 149 Å². The van der Waals surface area contributed by atoms with E-state index in [9.17, 15) is 0 Å². The van der Waals surface area contributed by atoms with Crippen molar-refractivity contribution in [1.82, 2.24) is 9.55 Å². The van der Waals surface area contributed by atoms with Crippen LogP contribution in [-0.2, 0) is 0 Å². The van der Waals surface area contributed by atoms with Gasteiger partial charge in [-0.2, -0.15) is 0 Å². The second-order valence-corrected chi connectivity index (χ2v) is 11.2. The third kappa shape index (κ3) is 3.87. The fourth-order valence-electron chi connectivity index (χ4n) is 6.57. The number of rotatable bonds is 4. The highest BCUT2D eigenvalue weighted by molar-refractivity contribution is 6.24. The van der Waals surface area contributed by atoms with Crippen LogP contribution in [0, 0.1) is 0 Å². The van der Waals surface area contributed by atoms with Gasteiger partial charge in [0.25, 0.3) is 0 Å². The number of aromatic nitrogens is 2. The topological polar surface area (TPSA) is 31.0 Å². The molecule has 3 heteroatoms. The zero-order chi connectivity index (χ0) is 29.0. The van der Waals surface area contributed by atoms with E-state index in [-0.39, 0.29) is 0 Å². The molecule has 0 unspecified atom stereocenters. The quantitative estimate of drug-likeness (QED) is 0.214. The Kier molecular flexibility index (Phi) is 5.50. The molecule has 9 aromatic rings. The van der Waals surface area contributed by atoms with Gasteiger partial charge in [0.15, 0.2) is 0 Å². The standard InChI is InChI=1S/C41H26N2O/c1-3-10-27(11-4-1)28-12-9-13-29(24-28)30-17-19-33-34-21-22-37-40(41(34)44-39(33)26-30)35-20-18-31(36-16-7-8-23-42-36)25-38(35)43(37)32-14-5-2-6-15-32/h1-26H. The van der Waals surface area contributed by atoms with Crippen LogP contribution in [0.1, 0.15) is 0 Å². The Bertz CT molecular complexity index is 2470. The van der Waals surface area contributed by atoms with Gasteiger partial charge in [-0.1, -0.05) is 91.0 Å². The fourth-order valence-corrected chi connectivity index (χ4v) is 6.57. The molecular formula is C41H26N2O. The van der Waals surface area contributed by atoms with Crippen LogP contribution in [0.3, 0.4) is 0 Å². The molecule has 0 aliphatic rings. The van der Waals surface area contributed by atoms with Gasteiger partial charge in [0.05, 0.1) is 22.1 Å². The summed E-state index contributed by atoms with van der Waals surface area (Å²) in [6, 6.07) is 53.5. The first-order valence-electron chi connectivity index (χ1n) is 14.9. The lowest BCUT2D eigenvalue weighted by molar-refractivity contribution is 0.673. The number of para-hydroxylation sites is 1. The lowest BCUT2D eigenvalue weighted by atomic mass is 9.98. The first-order chi connectivity index (χ1) is 21.8. The Morgan fingerprint density at radius 1 is 0.455 bits per heavy atom. The van der Waals surface area contributed by atoms with Crippen molar-refractivity contribution in [3.05, 3.63) is 158 Å². The molecule has 44 heavy (non-hydrogen) atoms. The summed E-state index contributed by atoms with van der Waals surface area (Å²) >= 11 is 0. The van der Waals surface area contributed by atoms with Gasteiger partial charge in [0, 0.05) is 33.6 Å². The molecule has 9 rings (SSSR count). The third-order valence-corrected chi connectivity index (χ3v) is 8.65. The van der Waals surface area contributed by atoms with Crippen molar-refractivity contribution in [2.75, 3.05) is 0 Å². The van der Waals surface area contributed by atoms with Gasteiger partial charge >= 0.3 is 0 Å². The molecule has 0 N–H and O–H groups in total. The average Bonchev–Trinajstić information content (AvgIpc) is 3.64. The number of nitrogens with zero attached hydrogens (tertiary/aromatic N) is 2. The molecule has 3 aromatic heterocycles. The van der Waals surface area contributed by atoms with Gasteiger partial charge in [-0.15, -0.1) is 0 Å². The zero-order valence-electron chi connectivity index (χ0n) is 23.8. The van der Waals surface area contributed by atoms with E-state index >= 15 is 0 Å². The Balaban J connectivity index is 1.27. The minimum Gasteiger partial charge on any atom is -0.455 e. The summed E-state index contributed by atoms with van der Waals surface area (Å²) in [4.78, 5) is 4.62. The van der Waals surface area contributed by atoms with Crippen molar-refractivity contribution >= 4 is 43.7 Å². The highest BCUT2D eigenvalue weighted by atomic mass is 16.3. The predicted octanol–water partition coefficient (Wildman–Crippen LogP) is 11.1.